The fourth-order valence-corrected chi connectivity index (χ4v) is 2.63. The van der Waals surface area contributed by atoms with E-state index in [4.69, 9.17) is 0 Å². The normalized spacial score (nSPS) is 27.6. The zero-order valence-corrected chi connectivity index (χ0v) is 10.8. The van der Waals surface area contributed by atoms with Crippen molar-refractivity contribution >= 4 is 0 Å². The van der Waals surface area contributed by atoms with Crippen molar-refractivity contribution in [2.75, 3.05) is 20.1 Å². The van der Waals surface area contributed by atoms with Crippen molar-refractivity contribution in [3.63, 3.8) is 0 Å². The molecule has 0 amide bonds. The lowest BCUT2D eigenvalue weighted by molar-refractivity contribution is 0.116. The van der Waals surface area contributed by atoms with Gasteiger partial charge in [0.25, 0.3) is 0 Å². The van der Waals surface area contributed by atoms with Crippen molar-refractivity contribution < 1.29 is 5.11 Å². The topological polar surface area (TPSA) is 23.5 Å². The summed E-state index contributed by atoms with van der Waals surface area (Å²) < 4.78 is 0. The van der Waals surface area contributed by atoms with Crippen molar-refractivity contribution in [2.24, 2.45) is 11.3 Å². The fraction of sp³-hybridized carbons (Fsp3) is 1.00. The van der Waals surface area contributed by atoms with Gasteiger partial charge in [-0.2, -0.15) is 0 Å². The van der Waals surface area contributed by atoms with Crippen LogP contribution in [0.1, 0.15) is 46.5 Å². The highest BCUT2D eigenvalue weighted by molar-refractivity contribution is 4.77. The molecule has 0 bridgehead atoms. The lowest BCUT2D eigenvalue weighted by Crippen LogP contribution is -2.31. The van der Waals surface area contributed by atoms with E-state index in [0.717, 1.165) is 25.9 Å². The minimum Gasteiger partial charge on any atom is -0.393 e. The minimum absolute atomic E-state index is 0.0203. The maximum Gasteiger partial charge on any atom is 0.0568 e. The van der Waals surface area contributed by atoms with Gasteiger partial charge in [0.15, 0.2) is 0 Å². The Kier molecular flexibility index (Phi) is 4.60. The van der Waals surface area contributed by atoms with E-state index >= 15 is 0 Å². The predicted octanol–water partition coefficient (Wildman–Crippen LogP) is 2.52. The Morgan fingerprint density at radius 1 is 1.27 bits per heavy atom. The van der Waals surface area contributed by atoms with Crippen LogP contribution in [-0.2, 0) is 0 Å². The maximum atomic E-state index is 9.72. The number of nitrogens with zero attached hydrogens (tertiary/aromatic N) is 1. The van der Waals surface area contributed by atoms with Gasteiger partial charge in [0.05, 0.1) is 6.10 Å². The highest BCUT2D eigenvalue weighted by Gasteiger charge is 2.25. The van der Waals surface area contributed by atoms with E-state index in [1.165, 1.54) is 12.8 Å². The Morgan fingerprint density at radius 2 is 1.93 bits per heavy atom. The van der Waals surface area contributed by atoms with Gasteiger partial charge in [0.1, 0.15) is 0 Å². The Hall–Kier alpha value is -0.0800. The largest absolute Gasteiger partial charge is 0.393 e. The Bertz CT molecular complexity index is 185. The van der Waals surface area contributed by atoms with Crippen LogP contribution in [0.3, 0.4) is 0 Å². The van der Waals surface area contributed by atoms with E-state index < -0.39 is 0 Å². The maximum absolute atomic E-state index is 9.72. The second-order valence-corrected chi connectivity index (χ2v) is 6.35. The molecule has 1 fully saturated rings. The molecule has 2 atom stereocenters. The number of aliphatic hydroxyl groups excluding tert-OH is 1. The molecule has 0 aromatic carbocycles. The van der Waals surface area contributed by atoms with Crippen LogP contribution in [0.4, 0.5) is 0 Å². The van der Waals surface area contributed by atoms with Crippen LogP contribution < -0.4 is 0 Å². The van der Waals surface area contributed by atoms with Gasteiger partial charge >= 0.3 is 0 Å². The highest BCUT2D eigenvalue weighted by atomic mass is 16.3. The summed E-state index contributed by atoms with van der Waals surface area (Å²) in [6.45, 7) is 9.07. The molecule has 1 N–H and O–H groups in total. The molecule has 1 rings (SSSR count). The van der Waals surface area contributed by atoms with Gasteiger partial charge in [-0.1, -0.05) is 27.2 Å². The second-order valence-electron chi connectivity index (χ2n) is 6.35. The van der Waals surface area contributed by atoms with E-state index in [9.17, 15) is 5.11 Å². The van der Waals surface area contributed by atoms with Crippen molar-refractivity contribution in [3.05, 3.63) is 0 Å². The molecular weight excluding hydrogens is 186 g/mol. The van der Waals surface area contributed by atoms with Crippen LogP contribution in [0.2, 0.25) is 0 Å². The number of rotatable bonds is 4. The van der Waals surface area contributed by atoms with Crippen LogP contribution in [-0.4, -0.2) is 36.2 Å². The fourth-order valence-electron chi connectivity index (χ4n) is 2.63. The first-order valence-electron chi connectivity index (χ1n) is 6.25. The molecule has 0 aromatic heterocycles. The molecule has 0 aromatic rings. The van der Waals surface area contributed by atoms with Gasteiger partial charge in [0.2, 0.25) is 0 Å². The Labute approximate surface area is 94.7 Å². The molecule has 1 aliphatic rings. The van der Waals surface area contributed by atoms with Crippen LogP contribution in [0.5, 0.6) is 0 Å². The van der Waals surface area contributed by atoms with Crippen LogP contribution in [0.25, 0.3) is 0 Å². The number of hydrogen-bond acceptors (Lipinski definition) is 2. The molecule has 0 heterocycles. The molecule has 0 spiro atoms. The smallest absolute Gasteiger partial charge is 0.0568 e. The third-order valence-electron chi connectivity index (χ3n) is 3.24. The monoisotopic (exact) mass is 213 g/mol. The summed E-state index contributed by atoms with van der Waals surface area (Å²) >= 11 is 0. The average Bonchev–Trinajstić information content (AvgIpc) is 2.44. The van der Waals surface area contributed by atoms with Gasteiger partial charge in [-0.3, -0.25) is 0 Å². The molecule has 0 aliphatic heterocycles. The Balaban J connectivity index is 2.19. The molecule has 2 unspecified atom stereocenters. The van der Waals surface area contributed by atoms with Gasteiger partial charge < -0.3 is 10.0 Å². The Morgan fingerprint density at radius 3 is 2.40 bits per heavy atom. The lowest BCUT2D eigenvalue weighted by atomic mass is 9.95. The molecule has 0 radical (unpaired) electrons. The summed E-state index contributed by atoms with van der Waals surface area (Å²) in [4.78, 5) is 2.39. The molecule has 0 saturated heterocycles. The van der Waals surface area contributed by atoms with E-state index in [0.29, 0.717) is 11.3 Å². The number of hydrogen-bond donors (Lipinski definition) is 1. The van der Waals surface area contributed by atoms with Crippen molar-refractivity contribution in [3.8, 4) is 0 Å². The first kappa shape index (κ1) is 13.0. The van der Waals surface area contributed by atoms with Gasteiger partial charge in [-0.15, -0.1) is 0 Å². The molecular formula is C13H27NO. The highest BCUT2D eigenvalue weighted by Crippen LogP contribution is 2.28. The molecule has 1 saturated carbocycles. The summed E-state index contributed by atoms with van der Waals surface area (Å²) in [6, 6.07) is 0. The zero-order chi connectivity index (χ0) is 11.5. The first-order chi connectivity index (χ1) is 6.88. The van der Waals surface area contributed by atoms with Crippen molar-refractivity contribution in [1.82, 2.24) is 4.90 Å². The van der Waals surface area contributed by atoms with Crippen LogP contribution in [0, 0.1) is 11.3 Å². The third kappa shape index (κ3) is 4.98. The molecule has 1 aliphatic carbocycles. The van der Waals surface area contributed by atoms with Crippen LogP contribution >= 0.6 is 0 Å². The first-order valence-corrected chi connectivity index (χ1v) is 6.25. The van der Waals surface area contributed by atoms with Crippen molar-refractivity contribution in [2.45, 2.75) is 52.6 Å². The molecule has 90 valence electrons. The van der Waals surface area contributed by atoms with Gasteiger partial charge in [-0.05, 0) is 44.2 Å². The van der Waals surface area contributed by atoms with E-state index in [1.807, 2.05) is 0 Å². The number of aliphatic hydroxyl groups is 1. The standard InChI is InChI=1S/C13H27NO/c1-13(2,3)10-14(4)9-8-11-6-5-7-12(11)15/h11-12,15H,5-10H2,1-4H3. The van der Waals surface area contributed by atoms with Crippen molar-refractivity contribution in [1.29, 1.82) is 0 Å². The summed E-state index contributed by atoms with van der Waals surface area (Å²) in [5.41, 5.74) is 0.378. The average molecular weight is 213 g/mol. The van der Waals surface area contributed by atoms with E-state index in [2.05, 4.69) is 32.7 Å². The van der Waals surface area contributed by atoms with E-state index in [1.54, 1.807) is 0 Å². The zero-order valence-electron chi connectivity index (χ0n) is 10.8. The summed E-state index contributed by atoms with van der Waals surface area (Å²) in [5, 5.41) is 9.72. The third-order valence-corrected chi connectivity index (χ3v) is 3.24. The molecule has 15 heavy (non-hydrogen) atoms. The predicted molar refractivity (Wildman–Crippen MR) is 64.9 cm³/mol. The molecule has 2 heteroatoms. The van der Waals surface area contributed by atoms with E-state index in [-0.39, 0.29) is 6.10 Å². The summed E-state index contributed by atoms with van der Waals surface area (Å²) in [6.07, 6.45) is 4.61. The van der Waals surface area contributed by atoms with Gasteiger partial charge in [0, 0.05) is 6.54 Å². The summed E-state index contributed by atoms with van der Waals surface area (Å²) in [7, 11) is 2.19. The summed E-state index contributed by atoms with van der Waals surface area (Å²) in [5.74, 6) is 0.562. The second kappa shape index (κ2) is 5.31. The SMILES string of the molecule is CN(CCC1CCCC1O)CC(C)(C)C. The quantitative estimate of drug-likeness (QED) is 0.775. The minimum atomic E-state index is -0.0203. The van der Waals surface area contributed by atoms with Gasteiger partial charge in [-0.25, -0.2) is 0 Å². The molecule has 2 nitrogen and oxygen atoms in total. The lowest BCUT2D eigenvalue weighted by Gasteiger charge is -2.27. The van der Waals surface area contributed by atoms with Crippen LogP contribution in [0.15, 0.2) is 0 Å².